The van der Waals surface area contributed by atoms with E-state index in [2.05, 4.69) is 28.9 Å². The molecule has 0 aliphatic heterocycles. The predicted molar refractivity (Wildman–Crippen MR) is 89.3 cm³/mol. The number of benzene rings is 1. The third kappa shape index (κ3) is 3.68. The Hall–Kier alpha value is -1.39. The number of hydrogen-bond acceptors (Lipinski definition) is 4. The van der Waals surface area contributed by atoms with Gasteiger partial charge in [0.1, 0.15) is 5.75 Å². The van der Waals surface area contributed by atoms with E-state index in [0.717, 1.165) is 37.3 Å². The molecule has 4 rings (SSSR count). The Balaban J connectivity index is 1.30. The van der Waals surface area contributed by atoms with Crippen molar-refractivity contribution in [2.24, 2.45) is 5.92 Å². The molecular formula is C18H22N2OS. The van der Waals surface area contributed by atoms with Gasteiger partial charge in [-0.3, -0.25) is 0 Å². The molecule has 0 radical (unpaired) electrons. The van der Waals surface area contributed by atoms with Crippen molar-refractivity contribution in [2.45, 2.75) is 44.7 Å². The fraction of sp³-hybridized carbons (Fsp3) is 0.500. The third-order valence-corrected chi connectivity index (χ3v) is 5.32. The molecule has 3 nitrogen and oxygen atoms in total. The number of nitrogens with zero attached hydrogens (tertiary/aromatic N) is 1. The van der Waals surface area contributed by atoms with Gasteiger partial charge in [-0.25, -0.2) is 4.98 Å². The largest absolute Gasteiger partial charge is 0.493 e. The van der Waals surface area contributed by atoms with Crippen LogP contribution in [0.1, 0.15) is 47.9 Å². The summed E-state index contributed by atoms with van der Waals surface area (Å²) in [7, 11) is 0. The lowest BCUT2D eigenvalue weighted by molar-refractivity contribution is 0.296. The second kappa shape index (κ2) is 6.39. The van der Waals surface area contributed by atoms with Crippen molar-refractivity contribution in [3.63, 3.8) is 0 Å². The summed E-state index contributed by atoms with van der Waals surface area (Å²) in [6.45, 7) is 2.53. The molecule has 1 heterocycles. The molecule has 22 heavy (non-hydrogen) atoms. The van der Waals surface area contributed by atoms with Gasteiger partial charge < -0.3 is 10.1 Å². The summed E-state index contributed by atoms with van der Waals surface area (Å²) in [5.74, 6) is 2.58. The lowest BCUT2D eigenvalue weighted by Gasteiger charge is -2.11. The molecule has 2 aliphatic carbocycles. The van der Waals surface area contributed by atoms with E-state index < -0.39 is 0 Å². The summed E-state index contributed by atoms with van der Waals surface area (Å²) >= 11 is 1.81. The molecule has 0 saturated heterocycles. The van der Waals surface area contributed by atoms with Crippen LogP contribution in [0.2, 0.25) is 0 Å². The van der Waals surface area contributed by atoms with Crippen LogP contribution in [0, 0.1) is 5.92 Å². The third-order valence-electron chi connectivity index (χ3n) is 4.26. The zero-order valence-corrected chi connectivity index (χ0v) is 13.6. The van der Waals surface area contributed by atoms with E-state index in [0.29, 0.717) is 0 Å². The highest BCUT2D eigenvalue weighted by Crippen LogP contribution is 2.41. The molecule has 2 aliphatic rings. The maximum atomic E-state index is 5.95. The van der Waals surface area contributed by atoms with Crippen molar-refractivity contribution < 1.29 is 4.74 Å². The van der Waals surface area contributed by atoms with Crippen LogP contribution in [-0.4, -0.2) is 11.6 Å². The monoisotopic (exact) mass is 314 g/mol. The van der Waals surface area contributed by atoms with Crippen LogP contribution >= 0.6 is 11.3 Å². The molecule has 1 N–H and O–H groups in total. The number of nitrogens with one attached hydrogen (secondary N) is 1. The number of thiazole rings is 1. The lowest BCUT2D eigenvalue weighted by atomic mass is 10.2. The SMILES string of the molecule is c1ccc(OCC2CC2)c(CNCc2csc(C3CC3)n2)c1. The highest BCUT2D eigenvalue weighted by Gasteiger charge is 2.26. The van der Waals surface area contributed by atoms with Crippen LogP contribution < -0.4 is 10.1 Å². The number of aromatic nitrogens is 1. The first kappa shape index (κ1) is 14.2. The first-order valence-corrected chi connectivity index (χ1v) is 9.12. The van der Waals surface area contributed by atoms with E-state index in [-0.39, 0.29) is 0 Å². The van der Waals surface area contributed by atoms with Gasteiger partial charge in [-0.2, -0.15) is 0 Å². The fourth-order valence-corrected chi connectivity index (χ4v) is 3.52. The molecule has 0 spiro atoms. The molecule has 0 unspecified atom stereocenters. The van der Waals surface area contributed by atoms with Gasteiger partial charge >= 0.3 is 0 Å². The number of ether oxygens (including phenoxy) is 1. The average molecular weight is 314 g/mol. The van der Waals surface area contributed by atoms with Crippen molar-refractivity contribution >= 4 is 11.3 Å². The summed E-state index contributed by atoms with van der Waals surface area (Å²) in [4.78, 5) is 4.72. The van der Waals surface area contributed by atoms with Gasteiger partial charge in [0.15, 0.2) is 0 Å². The van der Waals surface area contributed by atoms with Gasteiger partial charge in [-0.15, -0.1) is 11.3 Å². The van der Waals surface area contributed by atoms with Gasteiger partial charge in [0.2, 0.25) is 0 Å². The second-order valence-electron chi connectivity index (χ2n) is 6.42. The van der Waals surface area contributed by atoms with Crippen molar-refractivity contribution in [3.8, 4) is 5.75 Å². The summed E-state index contributed by atoms with van der Waals surface area (Å²) in [5, 5.41) is 7.01. The van der Waals surface area contributed by atoms with Crippen LogP contribution in [0.25, 0.3) is 0 Å². The summed E-state index contributed by atoms with van der Waals surface area (Å²) in [6.07, 6.45) is 5.30. The van der Waals surface area contributed by atoms with E-state index in [9.17, 15) is 0 Å². The molecule has 2 saturated carbocycles. The van der Waals surface area contributed by atoms with E-state index in [4.69, 9.17) is 9.72 Å². The number of para-hydroxylation sites is 1. The van der Waals surface area contributed by atoms with Crippen LogP contribution in [-0.2, 0) is 13.1 Å². The first-order valence-electron chi connectivity index (χ1n) is 8.24. The van der Waals surface area contributed by atoms with E-state index >= 15 is 0 Å². The summed E-state index contributed by atoms with van der Waals surface area (Å²) in [5.41, 5.74) is 2.41. The molecule has 2 fully saturated rings. The maximum absolute atomic E-state index is 5.95. The van der Waals surface area contributed by atoms with Crippen LogP contribution in [0.5, 0.6) is 5.75 Å². The van der Waals surface area contributed by atoms with E-state index in [1.54, 1.807) is 0 Å². The van der Waals surface area contributed by atoms with Crippen molar-refractivity contribution in [3.05, 3.63) is 45.9 Å². The molecule has 116 valence electrons. The topological polar surface area (TPSA) is 34.1 Å². The fourth-order valence-electron chi connectivity index (χ4n) is 2.53. The van der Waals surface area contributed by atoms with Crippen molar-refractivity contribution in [2.75, 3.05) is 6.61 Å². The molecule has 0 atom stereocenters. The van der Waals surface area contributed by atoms with Gasteiger partial charge in [-0.05, 0) is 37.7 Å². The molecule has 2 aromatic rings. The molecular weight excluding hydrogens is 292 g/mol. The Bertz CT molecular complexity index is 632. The Morgan fingerprint density at radius 1 is 1.14 bits per heavy atom. The Morgan fingerprint density at radius 2 is 2.00 bits per heavy atom. The van der Waals surface area contributed by atoms with Gasteiger partial charge in [0.25, 0.3) is 0 Å². The minimum Gasteiger partial charge on any atom is -0.493 e. The van der Waals surface area contributed by atoms with Crippen LogP contribution in [0.15, 0.2) is 29.6 Å². The van der Waals surface area contributed by atoms with Gasteiger partial charge in [0.05, 0.1) is 17.3 Å². The van der Waals surface area contributed by atoms with Gasteiger partial charge in [0, 0.05) is 30.0 Å². The molecule has 4 heteroatoms. The maximum Gasteiger partial charge on any atom is 0.123 e. The standard InChI is InChI=1S/C18H22N2OS/c1-2-4-17(21-11-13-5-6-13)15(3-1)9-19-10-16-12-22-18(20-16)14-7-8-14/h1-4,12-14,19H,5-11H2. The normalized spacial score (nSPS) is 17.6. The minimum absolute atomic E-state index is 0.760. The highest BCUT2D eigenvalue weighted by atomic mass is 32.1. The van der Waals surface area contributed by atoms with Gasteiger partial charge in [-0.1, -0.05) is 18.2 Å². The molecule has 1 aromatic heterocycles. The zero-order valence-electron chi connectivity index (χ0n) is 12.8. The average Bonchev–Trinajstić information content (AvgIpc) is 3.46. The van der Waals surface area contributed by atoms with E-state index in [1.165, 1.54) is 41.9 Å². The Kier molecular flexibility index (Phi) is 4.13. The molecule has 0 amide bonds. The van der Waals surface area contributed by atoms with Crippen LogP contribution in [0.4, 0.5) is 0 Å². The summed E-state index contributed by atoms with van der Waals surface area (Å²) < 4.78 is 5.95. The van der Waals surface area contributed by atoms with E-state index in [1.807, 2.05) is 17.4 Å². The highest BCUT2D eigenvalue weighted by molar-refractivity contribution is 7.09. The molecule has 1 aromatic carbocycles. The summed E-state index contributed by atoms with van der Waals surface area (Å²) in [6, 6.07) is 8.35. The smallest absolute Gasteiger partial charge is 0.123 e. The number of hydrogen-bond donors (Lipinski definition) is 1. The van der Waals surface area contributed by atoms with Crippen molar-refractivity contribution in [1.82, 2.24) is 10.3 Å². The predicted octanol–water partition coefficient (Wildman–Crippen LogP) is 4.10. The second-order valence-corrected chi connectivity index (χ2v) is 7.31. The Morgan fingerprint density at radius 3 is 2.82 bits per heavy atom. The Labute approximate surface area is 135 Å². The molecule has 0 bridgehead atoms. The van der Waals surface area contributed by atoms with Crippen molar-refractivity contribution in [1.29, 1.82) is 0 Å². The quantitative estimate of drug-likeness (QED) is 0.796. The minimum atomic E-state index is 0.760. The zero-order chi connectivity index (χ0) is 14.8. The number of rotatable bonds is 8. The van der Waals surface area contributed by atoms with Crippen LogP contribution in [0.3, 0.4) is 0 Å². The first-order chi connectivity index (χ1) is 10.9. The lowest BCUT2D eigenvalue weighted by Crippen LogP contribution is -2.14.